The highest BCUT2D eigenvalue weighted by atomic mass is 79.9. The van der Waals surface area contributed by atoms with Gasteiger partial charge in [-0.25, -0.2) is 0 Å². The average molecular weight is 422 g/mol. The number of likely N-dealkylation sites (N-methyl/N-ethyl adjacent to an activating group) is 1. The van der Waals surface area contributed by atoms with E-state index in [0.29, 0.717) is 11.8 Å². The highest BCUT2D eigenvalue weighted by molar-refractivity contribution is 9.11. The molecule has 0 spiro atoms. The molecule has 118 valence electrons. The van der Waals surface area contributed by atoms with Crippen molar-refractivity contribution >= 4 is 37.8 Å². The zero-order chi connectivity index (χ0) is 16.2. The van der Waals surface area contributed by atoms with Crippen LogP contribution in [0.1, 0.15) is 26.3 Å². The van der Waals surface area contributed by atoms with Crippen LogP contribution < -0.4 is 10.1 Å². The van der Waals surface area contributed by atoms with Crippen molar-refractivity contribution in [1.82, 2.24) is 10.2 Å². The van der Waals surface area contributed by atoms with Crippen molar-refractivity contribution < 1.29 is 9.53 Å². The van der Waals surface area contributed by atoms with Crippen LogP contribution in [-0.2, 0) is 11.3 Å². The summed E-state index contributed by atoms with van der Waals surface area (Å²) in [6.45, 7) is 6.74. The van der Waals surface area contributed by atoms with Crippen LogP contribution >= 0.6 is 31.9 Å². The van der Waals surface area contributed by atoms with Gasteiger partial charge in [0.15, 0.2) is 6.10 Å². The smallest absolute Gasteiger partial charge is 0.262 e. The maximum atomic E-state index is 11.9. The van der Waals surface area contributed by atoms with Crippen LogP contribution in [0.3, 0.4) is 0 Å². The van der Waals surface area contributed by atoms with Gasteiger partial charge in [-0.3, -0.25) is 4.79 Å². The molecule has 0 bridgehead atoms. The Bertz CT molecular complexity index is 481. The largest absolute Gasteiger partial charge is 0.479 e. The minimum atomic E-state index is -0.535. The number of hydrogen-bond acceptors (Lipinski definition) is 3. The Labute approximate surface area is 143 Å². The standard InChI is InChI=1S/C15H22Br2N2O2/c1-9(2)18-8-11-6-12(16)14(13(17)7-11)21-10(3)15(20)19(4)5/h6-7,9-10,18H,8H2,1-5H3. The molecule has 0 saturated carbocycles. The number of benzene rings is 1. The Morgan fingerprint density at radius 3 is 2.19 bits per heavy atom. The fraction of sp³-hybridized carbons (Fsp3) is 0.533. The Hall–Kier alpha value is -0.590. The van der Waals surface area contributed by atoms with Crippen molar-refractivity contribution in [3.63, 3.8) is 0 Å². The second-order valence-electron chi connectivity index (χ2n) is 5.42. The first-order valence-electron chi connectivity index (χ1n) is 6.81. The van der Waals surface area contributed by atoms with Gasteiger partial charge < -0.3 is 15.0 Å². The Morgan fingerprint density at radius 1 is 1.24 bits per heavy atom. The summed E-state index contributed by atoms with van der Waals surface area (Å²) in [5.41, 5.74) is 1.14. The van der Waals surface area contributed by atoms with Crippen molar-refractivity contribution in [2.75, 3.05) is 14.1 Å². The van der Waals surface area contributed by atoms with E-state index in [-0.39, 0.29) is 5.91 Å². The van der Waals surface area contributed by atoms with Gasteiger partial charge in [-0.2, -0.15) is 0 Å². The van der Waals surface area contributed by atoms with Crippen molar-refractivity contribution in [2.45, 2.75) is 39.5 Å². The van der Waals surface area contributed by atoms with E-state index in [2.05, 4.69) is 51.0 Å². The molecule has 0 aromatic heterocycles. The van der Waals surface area contributed by atoms with E-state index in [1.54, 1.807) is 21.0 Å². The van der Waals surface area contributed by atoms with E-state index in [4.69, 9.17) is 4.74 Å². The number of halogens is 2. The maximum Gasteiger partial charge on any atom is 0.262 e. The molecule has 1 atom stereocenters. The first-order valence-corrected chi connectivity index (χ1v) is 8.40. The Balaban J connectivity index is 2.87. The molecular weight excluding hydrogens is 400 g/mol. The lowest BCUT2D eigenvalue weighted by atomic mass is 10.2. The normalized spacial score (nSPS) is 12.4. The monoisotopic (exact) mass is 420 g/mol. The highest BCUT2D eigenvalue weighted by Gasteiger charge is 2.19. The van der Waals surface area contributed by atoms with Crippen molar-refractivity contribution in [2.24, 2.45) is 0 Å². The molecule has 1 N–H and O–H groups in total. The molecule has 0 aliphatic carbocycles. The number of rotatable bonds is 6. The first-order chi connectivity index (χ1) is 9.72. The molecule has 0 aliphatic heterocycles. The van der Waals surface area contributed by atoms with Crippen LogP contribution in [0.4, 0.5) is 0 Å². The fourth-order valence-corrected chi connectivity index (χ4v) is 3.21. The molecule has 0 radical (unpaired) electrons. The minimum Gasteiger partial charge on any atom is -0.479 e. The lowest BCUT2D eigenvalue weighted by Gasteiger charge is -2.20. The summed E-state index contributed by atoms with van der Waals surface area (Å²) in [5.74, 6) is 0.574. The minimum absolute atomic E-state index is 0.0700. The fourth-order valence-electron chi connectivity index (χ4n) is 1.74. The van der Waals surface area contributed by atoms with Crippen molar-refractivity contribution in [3.05, 3.63) is 26.6 Å². The summed E-state index contributed by atoms with van der Waals surface area (Å²) in [4.78, 5) is 13.4. The molecule has 4 nitrogen and oxygen atoms in total. The second-order valence-corrected chi connectivity index (χ2v) is 7.13. The lowest BCUT2D eigenvalue weighted by molar-refractivity contribution is -0.135. The molecule has 1 aromatic carbocycles. The van der Waals surface area contributed by atoms with Crippen LogP contribution in [0, 0.1) is 0 Å². The summed E-state index contributed by atoms with van der Waals surface area (Å²) in [5, 5.41) is 3.37. The summed E-state index contributed by atoms with van der Waals surface area (Å²) < 4.78 is 7.43. The molecule has 0 saturated heterocycles. The Morgan fingerprint density at radius 2 is 1.76 bits per heavy atom. The quantitative estimate of drug-likeness (QED) is 0.763. The number of nitrogens with one attached hydrogen (secondary N) is 1. The summed E-state index contributed by atoms with van der Waals surface area (Å²) in [7, 11) is 3.43. The van der Waals surface area contributed by atoms with Gasteiger partial charge in [0.25, 0.3) is 5.91 Å². The summed E-state index contributed by atoms with van der Waals surface area (Å²) >= 11 is 7.02. The molecule has 1 aromatic rings. The van der Waals surface area contributed by atoms with E-state index in [1.807, 2.05) is 12.1 Å². The third-order valence-corrected chi connectivity index (χ3v) is 4.03. The SMILES string of the molecule is CC(C)NCc1cc(Br)c(OC(C)C(=O)N(C)C)c(Br)c1. The molecule has 6 heteroatoms. The van der Waals surface area contributed by atoms with E-state index in [9.17, 15) is 4.79 Å². The van der Waals surface area contributed by atoms with Gasteiger partial charge in [0.2, 0.25) is 0 Å². The lowest BCUT2D eigenvalue weighted by Crippen LogP contribution is -2.35. The molecule has 21 heavy (non-hydrogen) atoms. The van der Waals surface area contributed by atoms with E-state index in [1.165, 1.54) is 4.90 Å². The topological polar surface area (TPSA) is 41.6 Å². The molecule has 0 heterocycles. The van der Waals surface area contributed by atoms with Gasteiger partial charge >= 0.3 is 0 Å². The third kappa shape index (κ3) is 5.60. The summed E-state index contributed by atoms with van der Waals surface area (Å²) in [6.07, 6.45) is -0.535. The van der Waals surface area contributed by atoms with E-state index in [0.717, 1.165) is 21.1 Å². The van der Waals surface area contributed by atoms with Gasteiger partial charge in [0.05, 0.1) is 8.95 Å². The van der Waals surface area contributed by atoms with E-state index >= 15 is 0 Å². The van der Waals surface area contributed by atoms with Crippen molar-refractivity contribution in [1.29, 1.82) is 0 Å². The van der Waals surface area contributed by atoms with Crippen LogP contribution in [0.15, 0.2) is 21.1 Å². The van der Waals surface area contributed by atoms with Gasteiger partial charge in [0.1, 0.15) is 5.75 Å². The third-order valence-electron chi connectivity index (χ3n) is 2.86. The predicted molar refractivity (Wildman–Crippen MR) is 92.6 cm³/mol. The number of hydrogen-bond donors (Lipinski definition) is 1. The molecule has 0 aliphatic rings. The van der Waals surface area contributed by atoms with Gasteiger partial charge in [0, 0.05) is 26.7 Å². The van der Waals surface area contributed by atoms with Gasteiger partial charge in [-0.1, -0.05) is 13.8 Å². The zero-order valence-electron chi connectivity index (χ0n) is 13.0. The predicted octanol–water partition coefficient (Wildman–Crippen LogP) is 3.57. The number of amides is 1. The number of nitrogens with zero attached hydrogens (tertiary/aromatic N) is 1. The van der Waals surface area contributed by atoms with Crippen LogP contribution in [0.2, 0.25) is 0 Å². The van der Waals surface area contributed by atoms with Crippen LogP contribution in [0.5, 0.6) is 5.75 Å². The Kier molecular flexibility index (Phi) is 7.16. The van der Waals surface area contributed by atoms with Gasteiger partial charge in [-0.15, -0.1) is 0 Å². The zero-order valence-corrected chi connectivity index (χ0v) is 16.2. The van der Waals surface area contributed by atoms with Crippen molar-refractivity contribution in [3.8, 4) is 5.75 Å². The van der Waals surface area contributed by atoms with E-state index < -0.39 is 6.10 Å². The molecule has 0 fully saturated rings. The number of carbonyl (C=O) groups excluding carboxylic acids is 1. The number of ether oxygens (including phenoxy) is 1. The molecular formula is C15H22Br2N2O2. The number of carbonyl (C=O) groups is 1. The molecule has 1 unspecified atom stereocenters. The van der Waals surface area contributed by atoms with Gasteiger partial charge in [-0.05, 0) is 56.5 Å². The molecule has 1 amide bonds. The first kappa shape index (κ1) is 18.5. The maximum absolute atomic E-state index is 11.9. The second kappa shape index (κ2) is 8.15. The molecule has 1 rings (SSSR count). The highest BCUT2D eigenvalue weighted by Crippen LogP contribution is 2.35. The average Bonchev–Trinajstić information content (AvgIpc) is 2.39. The summed E-state index contributed by atoms with van der Waals surface area (Å²) in [6, 6.07) is 4.43. The van der Waals surface area contributed by atoms with Crippen LogP contribution in [-0.4, -0.2) is 37.0 Å². The van der Waals surface area contributed by atoms with Crippen LogP contribution in [0.25, 0.3) is 0 Å².